The van der Waals surface area contributed by atoms with Gasteiger partial charge in [-0.2, -0.15) is 0 Å². The van der Waals surface area contributed by atoms with Gasteiger partial charge in [-0.05, 0) is 31.2 Å². The SMILES string of the molecule is CCC(C)C(C)N(Cc1nnc(Cc2ccccc2)o1)C1CC1. The minimum atomic E-state index is 0.553. The van der Waals surface area contributed by atoms with Gasteiger partial charge in [0, 0.05) is 12.1 Å². The summed E-state index contributed by atoms with van der Waals surface area (Å²) >= 11 is 0. The first kappa shape index (κ1) is 16.2. The highest BCUT2D eigenvalue weighted by Gasteiger charge is 2.34. The topological polar surface area (TPSA) is 42.2 Å². The average molecular weight is 313 g/mol. The molecule has 1 aromatic carbocycles. The molecule has 0 bridgehead atoms. The first-order chi connectivity index (χ1) is 11.2. The largest absolute Gasteiger partial charge is 0.424 e. The van der Waals surface area contributed by atoms with Crippen molar-refractivity contribution in [3.63, 3.8) is 0 Å². The first-order valence-electron chi connectivity index (χ1n) is 8.78. The summed E-state index contributed by atoms with van der Waals surface area (Å²) in [6.45, 7) is 7.69. The van der Waals surface area contributed by atoms with E-state index >= 15 is 0 Å². The Kier molecular flexibility index (Phi) is 5.11. The third-order valence-corrected chi connectivity index (χ3v) is 5.03. The van der Waals surface area contributed by atoms with Gasteiger partial charge in [0.25, 0.3) is 0 Å². The number of hydrogen-bond acceptors (Lipinski definition) is 4. The molecule has 1 heterocycles. The molecule has 1 aliphatic carbocycles. The number of hydrogen-bond donors (Lipinski definition) is 0. The van der Waals surface area contributed by atoms with Crippen molar-refractivity contribution < 1.29 is 4.42 Å². The third-order valence-electron chi connectivity index (χ3n) is 5.03. The molecule has 124 valence electrons. The maximum Gasteiger partial charge on any atom is 0.230 e. The Labute approximate surface area is 138 Å². The van der Waals surface area contributed by atoms with Crippen LogP contribution in [0, 0.1) is 5.92 Å². The van der Waals surface area contributed by atoms with Crippen molar-refractivity contribution in [2.24, 2.45) is 5.92 Å². The van der Waals surface area contributed by atoms with Crippen molar-refractivity contribution in [3.8, 4) is 0 Å². The molecule has 0 amide bonds. The smallest absolute Gasteiger partial charge is 0.230 e. The van der Waals surface area contributed by atoms with Crippen LogP contribution >= 0.6 is 0 Å². The minimum absolute atomic E-state index is 0.553. The number of nitrogens with zero attached hydrogens (tertiary/aromatic N) is 3. The molecule has 1 aromatic heterocycles. The van der Waals surface area contributed by atoms with E-state index in [0.29, 0.717) is 30.3 Å². The molecule has 0 aliphatic heterocycles. The second-order valence-electron chi connectivity index (χ2n) is 6.78. The van der Waals surface area contributed by atoms with Gasteiger partial charge in [0.05, 0.1) is 13.0 Å². The molecular weight excluding hydrogens is 286 g/mol. The fraction of sp³-hybridized carbons (Fsp3) is 0.579. The van der Waals surface area contributed by atoms with Crippen molar-refractivity contribution in [1.29, 1.82) is 0 Å². The van der Waals surface area contributed by atoms with Crippen molar-refractivity contribution in [2.45, 2.75) is 65.1 Å². The summed E-state index contributed by atoms with van der Waals surface area (Å²) in [5.41, 5.74) is 1.20. The Morgan fingerprint density at radius 3 is 2.48 bits per heavy atom. The van der Waals surface area contributed by atoms with Crippen LogP contribution in [0.5, 0.6) is 0 Å². The van der Waals surface area contributed by atoms with Crippen LogP contribution in [0.25, 0.3) is 0 Å². The van der Waals surface area contributed by atoms with E-state index in [1.165, 1.54) is 24.8 Å². The number of aromatic nitrogens is 2. The molecule has 0 saturated heterocycles. The number of benzene rings is 1. The van der Waals surface area contributed by atoms with E-state index < -0.39 is 0 Å². The fourth-order valence-electron chi connectivity index (χ4n) is 3.03. The van der Waals surface area contributed by atoms with Crippen LogP contribution in [0.2, 0.25) is 0 Å². The maximum atomic E-state index is 5.90. The van der Waals surface area contributed by atoms with Gasteiger partial charge in [-0.3, -0.25) is 4.90 Å². The molecule has 1 fully saturated rings. The maximum absolute atomic E-state index is 5.90. The molecule has 2 atom stereocenters. The van der Waals surface area contributed by atoms with Crippen LogP contribution in [-0.4, -0.2) is 27.2 Å². The summed E-state index contributed by atoms with van der Waals surface area (Å²) in [6.07, 6.45) is 4.50. The average Bonchev–Trinajstić information content (AvgIpc) is 3.33. The van der Waals surface area contributed by atoms with E-state index in [2.05, 4.69) is 48.0 Å². The van der Waals surface area contributed by atoms with E-state index in [-0.39, 0.29) is 0 Å². The van der Waals surface area contributed by atoms with Crippen molar-refractivity contribution in [1.82, 2.24) is 15.1 Å². The monoisotopic (exact) mass is 313 g/mol. The Morgan fingerprint density at radius 2 is 1.83 bits per heavy atom. The lowest BCUT2D eigenvalue weighted by molar-refractivity contribution is 0.128. The van der Waals surface area contributed by atoms with Gasteiger partial charge < -0.3 is 4.42 Å². The summed E-state index contributed by atoms with van der Waals surface area (Å²) in [6, 6.07) is 11.5. The summed E-state index contributed by atoms with van der Waals surface area (Å²) in [4.78, 5) is 2.55. The molecule has 4 heteroatoms. The summed E-state index contributed by atoms with van der Waals surface area (Å²) < 4.78 is 5.90. The molecular formula is C19H27N3O. The normalized spacial score (nSPS) is 17.4. The summed E-state index contributed by atoms with van der Waals surface area (Å²) in [5, 5.41) is 8.50. The summed E-state index contributed by atoms with van der Waals surface area (Å²) in [7, 11) is 0. The quantitative estimate of drug-likeness (QED) is 0.737. The van der Waals surface area contributed by atoms with E-state index in [9.17, 15) is 0 Å². The van der Waals surface area contributed by atoms with E-state index in [1.54, 1.807) is 0 Å². The first-order valence-corrected chi connectivity index (χ1v) is 8.78. The molecule has 23 heavy (non-hydrogen) atoms. The molecule has 2 unspecified atom stereocenters. The Morgan fingerprint density at radius 1 is 1.13 bits per heavy atom. The van der Waals surface area contributed by atoms with Crippen LogP contribution in [0.15, 0.2) is 34.7 Å². The Balaban J connectivity index is 1.65. The molecule has 0 spiro atoms. The van der Waals surface area contributed by atoms with Gasteiger partial charge >= 0.3 is 0 Å². The van der Waals surface area contributed by atoms with Gasteiger partial charge in [0.1, 0.15) is 0 Å². The standard InChI is InChI=1S/C19H27N3O/c1-4-14(2)15(3)22(17-10-11-17)13-19-21-20-18(23-19)12-16-8-6-5-7-9-16/h5-9,14-15,17H,4,10-13H2,1-3H3. The van der Waals surface area contributed by atoms with Crippen LogP contribution in [0.3, 0.4) is 0 Å². The lowest BCUT2D eigenvalue weighted by Gasteiger charge is -2.31. The molecule has 1 aliphatic rings. The lowest BCUT2D eigenvalue weighted by Crippen LogP contribution is -2.38. The molecule has 3 rings (SSSR count). The Hall–Kier alpha value is -1.68. The third kappa shape index (κ3) is 4.20. The lowest BCUT2D eigenvalue weighted by atomic mass is 9.99. The zero-order valence-corrected chi connectivity index (χ0v) is 14.4. The van der Waals surface area contributed by atoms with Crippen molar-refractivity contribution in [2.75, 3.05) is 0 Å². The predicted octanol–water partition coefficient (Wildman–Crippen LogP) is 4.06. The highest BCUT2D eigenvalue weighted by molar-refractivity contribution is 5.17. The fourth-order valence-corrected chi connectivity index (χ4v) is 3.03. The zero-order valence-electron chi connectivity index (χ0n) is 14.4. The minimum Gasteiger partial charge on any atom is -0.424 e. The Bertz CT molecular complexity index is 606. The van der Waals surface area contributed by atoms with E-state index in [0.717, 1.165) is 12.4 Å². The molecule has 2 aromatic rings. The van der Waals surface area contributed by atoms with Gasteiger partial charge in [-0.25, -0.2) is 0 Å². The van der Waals surface area contributed by atoms with Gasteiger partial charge in [0.2, 0.25) is 11.8 Å². The van der Waals surface area contributed by atoms with E-state index in [1.807, 2.05) is 18.2 Å². The second-order valence-corrected chi connectivity index (χ2v) is 6.78. The van der Waals surface area contributed by atoms with Gasteiger partial charge in [-0.15, -0.1) is 10.2 Å². The van der Waals surface area contributed by atoms with Crippen LogP contribution in [0.4, 0.5) is 0 Å². The zero-order chi connectivity index (χ0) is 16.2. The van der Waals surface area contributed by atoms with Crippen LogP contribution < -0.4 is 0 Å². The van der Waals surface area contributed by atoms with Crippen LogP contribution in [-0.2, 0) is 13.0 Å². The second kappa shape index (κ2) is 7.26. The molecule has 0 radical (unpaired) electrons. The van der Waals surface area contributed by atoms with E-state index in [4.69, 9.17) is 4.42 Å². The molecule has 0 N–H and O–H groups in total. The summed E-state index contributed by atoms with van der Waals surface area (Å²) in [5.74, 6) is 2.14. The molecule has 1 saturated carbocycles. The number of rotatable bonds is 8. The van der Waals surface area contributed by atoms with Crippen LogP contribution in [0.1, 0.15) is 57.4 Å². The highest BCUT2D eigenvalue weighted by Crippen LogP contribution is 2.32. The molecule has 4 nitrogen and oxygen atoms in total. The van der Waals surface area contributed by atoms with Gasteiger partial charge in [-0.1, -0.05) is 50.6 Å². The van der Waals surface area contributed by atoms with Crippen molar-refractivity contribution in [3.05, 3.63) is 47.7 Å². The van der Waals surface area contributed by atoms with Gasteiger partial charge in [0.15, 0.2) is 0 Å². The van der Waals surface area contributed by atoms with Crippen molar-refractivity contribution >= 4 is 0 Å². The predicted molar refractivity (Wildman–Crippen MR) is 91.0 cm³/mol. The highest BCUT2D eigenvalue weighted by atomic mass is 16.4.